The van der Waals surface area contributed by atoms with Gasteiger partial charge in [0.05, 0.1) is 33.6 Å². The van der Waals surface area contributed by atoms with Gasteiger partial charge in [-0.3, -0.25) is 4.79 Å². The lowest BCUT2D eigenvalue weighted by Crippen LogP contribution is -2.24. The first-order valence-electron chi connectivity index (χ1n) is 8.39. The van der Waals surface area contributed by atoms with Gasteiger partial charge in [-0.1, -0.05) is 0 Å². The van der Waals surface area contributed by atoms with Crippen LogP contribution in [0.15, 0.2) is 18.2 Å². The maximum atomic E-state index is 12.5. The highest BCUT2D eigenvalue weighted by atomic mass is 16.5. The van der Waals surface area contributed by atoms with Crippen LogP contribution in [0.3, 0.4) is 0 Å². The first-order chi connectivity index (χ1) is 13.5. The lowest BCUT2D eigenvalue weighted by Gasteiger charge is -2.14. The molecule has 1 aromatic carbocycles. The summed E-state index contributed by atoms with van der Waals surface area (Å²) in [6, 6.07) is 6.72. The van der Waals surface area contributed by atoms with Crippen LogP contribution in [0, 0.1) is 11.3 Å². The second-order valence-electron chi connectivity index (χ2n) is 5.54. The molecule has 28 heavy (non-hydrogen) atoms. The van der Waals surface area contributed by atoms with Crippen molar-refractivity contribution in [3.63, 3.8) is 0 Å². The van der Waals surface area contributed by atoms with E-state index < -0.39 is 5.91 Å². The molecule has 9 nitrogen and oxygen atoms in total. The standard InChI is InChI=1S/C19H22N4O5/c1-5-28-19-12(9-20)13(21)8-14(23-19)18(24)22-10-11-6-15(25-2)17(27-4)16(7-11)26-3/h6-8H,5,10H2,1-4H3,(H2,21,23)(H,22,24). The fourth-order valence-electron chi connectivity index (χ4n) is 2.52. The van der Waals surface area contributed by atoms with Gasteiger partial charge in [0.2, 0.25) is 11.6 Å². The highest BCUT2D eigenvalue weighted by Crippen LogP contribution is 2.38. The molecule has 3 N–H and O–H groups in total. The Balaban J connectivity index is 2.24. The maximum Gasteiger partial charge on any atom is 0.270 e. The number of hydrogen-bond acceptors (Lipinski definition) is 8. The summed E-state index contributed by atoms with van der Waals surface area (Å²) >= 11 is 0. The van der Waals surface area contributed by atoms with Gasteiger partial charge in [0.1, 0.15) is 17.3 Å². The average molecular weight is 386 g/mol. The number of aromatic nitrogens is 1. The number of carbonyl (C=O) groups is 1. The summed E-state index contributed by atoms with van der Waals surface area (Å²) in [5.41, 5.74) is 6.85. The van der Waals surface area contributed by atoms with Crippen molar-refractivity contribution in [2.24, 2.45) is 0 Å². The number of nitrogen functional groups attached to an aromatic ring is 1. The number of rotatable bonds is 8. The van der Waals surface area contributed by atoms with Crippen molar-refractivity contribution in [1.29, 1.82) is 5.26 Å². The summed E-state index contributed by atoms with van der Waals surface area (Å²) in [6.45, 7) is 2.22. The molecular formula is C19H22N4O5. The zero-order valence-electron chi connectivity index (χ0n) is 16.2. The summed E-state index contributed by atoms with van der Waals surface area (Å²) in [5, 5.41) is 11.9. The molecule has 1 aromatic heterocycles. The van der Waals surface area contributed by atoms with E-state index in [-0.39, 0.29) is 36.0 Å². The van der Waals surface area contributed by atoms with E-state index in [1.54, 1.807) is 19.1 Å². The number of ether oxygens (including phenoxy) is 4. The number of nitrogens with one attached hydrogen (secondary N) is 1. The van der Waals surface area contributed by atoms with Crippen LogP contribution in [0.2, 0.25) is 0 Å². The molecule has 0 aliphatic heterocycles. The summed E-state index contributed by atoms with van der Waals surface area (Å²) in [5.74, 6) is 0.979. The van der Waals surface area contributed by atoms with Crippen molar-refractivity contribution in [1.82, 2.24) is 10.3 Å². The Morgan fingerprint density at radius 3 is 2.32 bits per heavy atom. The van der Waals surface area contributed by atoms with Gasteiger partial charge in [-0.2, -0.15) is 5.26 Å². The van der Waals surface area contributed by atoms with Crippen molar-refractivity contribution < 1.29 is 23.7 Å². The SMILES string of the molecule is CCOc1nc(C(=O)NCc2cc(OC)c(OC)c(OC)c2)cc(N)c1C#N. The van der Waals surface area contributed by atoms with E-state index in [2.05, 4.69) is 10.3 Å². The van der Waals surface area contributed by atoms with E-state index in [0.717, 1.165) is 5.56 Å². The number of benzene rings is 1. The quantitative estimate of drug-likeness (QED) is 0.704. The first kappa shape index (κ1) is 20.6. The fourth-order valence-corrected chi connectivity index (χ4v) is 2.52. The van der Waals surface area contributed by atoms with Gasteiger partial charge >= 0.3 is 0 Å². The van der Waals surface area contributed by atoms with E-state index in [9.17, 15) is 4.79 Å². The molecule has 0 saturated heterocycles. The minimum Gasteiger partial charge on any atom is -0.493 e. The van der Waals surface area contributed by atoms with Gasteiger partial charge in [0, 0.05) is 6.54 Å². The van der Waals surface area contributed by atoms with Crippen molar-refractivity contribution in [3.05, 3.63) is 35.0 Å². The first-order valence-corrected chi connectivity index (χ1v) is 8.39. The predicted molar refractivity (Wildman–Crippen MR) is 102 cm³/mol. The Morgan fingerprint density at radius 1 is 1.18 bits per heavy atom. The second-order valence-corrected chi connectivity index (χ2v) is 5.54. The Hall–Kier alpha value is -3.67. The maximum absolute atomic E-state index is 12.5. The molecule has 1 heterocycles. The summed E-state index contributed by atoms with van der Waals surface area (Å²) in [7, 11) is 4.54. The number of nitriles is 1. The van der Waals surface area contributed by atoms with Gasteiger partial charge in [-0.15, -0.1) is 0 Å². The molecule has 0 aliphatic carbocycles. The molecule has 1 amide bonds. The van der Waals surface area contributed by atoms with Gasteiger partial charge in [-0.25, -0.2) is 4.98 Å². The number of anilines is 1. The van der Waals surface area contributed by atoms with E-state index in [1.807, 2.05) is 6.07 Å². The minimum absolute atomic E-state index is 0.0305. The normalized spacial score (nSPS) is 9.96. The molecule has 0 unspecified atom stereocenters. The number of nitrogens with zero attached hydrogens (tertiary/aromatic N) is 2. The smallest absolute Gasteiger partial charge is 0.270 e. The van der Waals surface area contributed by atoms with Gasteiger partial charge in [0.25, 0.3) is 5.91 Å². The van der Waals surface area contributed by atoms with Gasteiger partial charge < -0.3 is 30.0 Å². The molecule has 2 rings (SSSR count). The summed E-state index contributed by atoms with van der Waals surface area (Å²) < 4.78 is 21.2. The van der Waals surface area contributed by atoms with Crippen molar-refractivity contribution in [2.75, 3.05) is 33.7 Å². The van der Waals surface area contributed by atoms with Crippen LogP contribution >= 0.6 is 0 Å². The zero-order chi connectivity index (χ0) is 20.7. The third kappa shape index (κ3) is 4.35. The molecule has 0 bridgehead atoms. The second kappa shape index (κ2) is 9.32. The number of amides is 1. The molecule has 148 valence electrons. The predicted octanol–water partition coefficient (Wildman–Crippen LogP) is 1.89. The number of pyridine rings is 1. The van der Waals surface area contributed by atoms with Crippen LogP contribution < -0.4 is 30.0 Å². The lowest BCUT2D eigenvalue weighted by molar-refractivity contribution is 0.0944. The molecular weight excluding hydrogens is 364 g/mol. The van der Waals surface area contributed by atoms with Crippen molar-refractivity contribution in [3.8, 4) is 29.2 Å². The number of hydrogen-bond donors (Lipinski definition) is 2. The Kier molecular flexibility index (Phi) is 6.87. The molecule has 0 radical (unpaired) electrons. The molecule has 0 fully saturated rings. The summed E-state index contributed by atoms with van der Waals surface area (Å²) in [6.07, 6.45) is 0. The monoisotopic (exact) mass is 386 g/mol. The van der Waals surface area contributed by atoms with Gasteiger partial charge in [0.15, 0.2) is 11.5 Å². The van der Waals surface area contributed by atoms with E-state index in [4.69, 9.17) is 29.9 Å². The molecule has 0 aliphatic rings. The van der Waals surface area contributed by atoms with Crippen LogP contribution in [-0.4, -0.2) is 38.8 Å². The molecule has 0 saturated carbocycles. The summed E-state index contributed by atoms with van der Waals surface area (Å²) in [4.78, 5) is 16.6. The number of nitrogens with two attached hydrogens (primary N) is 1. The Labute approximate surface area is 163 Å². The topological polar surface area (TPSA) is 129 Å². The number of carbonyl (C=O) groups excluding carboxylic acids is 1. The van der Waals surface area contributed by atoms with E-state index in [0.29, 0.717) is 17.2 Å². The molecule has 9 heteroatoms. The third-order valence-electron chi connectivity index (χ3n) is 3.82. The number of methoxy groups -OCH3 is 3. The fraction of sp³-hybridized carbons (Fsp3) is 0.316. The Bertz CT molecular complexity index is 883. The van der Waals surface area contributed by atoms with Crippen LogP contribution in [0.1, 0.15) is 28.5 Å². The van der Waals surface area contributed by atoms with Crippen molar-refractivity contribution >= 4 is 11.6 Å². The largest absolute Gasteiger partial charge is 0.493 e. The van der Waals surface area contributed by atoms with E-state index in [1.165, 1.54) is 27.4 Å². The van der Waals surface area contributed by atoms with Crippen LogP contribution in [0.25, 0.3) is 0 Å². The molecule has 0 spiro atoms. The van der Waals surface area contributed by atoms with E-state index >= 15 is 0 Å². The average Bonchev–Trinajstić information content (AvgIpc) is 2.70. The van der Waals surface area contributed by atoms with Crippen LogP contribution in [0.4, 0.5) is 5.69 Å². The molecule has 2 aromatic rings. The molecule has 0 atom stereocenters. The van der Waals surface area contributed by atoms with Gasteiger partial charge in [-0.05, 0) is 30.7 Å². The third-order valence-corrected chi connectivity index (χ3v) is 3.82. The Morgan fingerprint density at radius 2 is 1.82 bits per heavy atom. The van der Waals surface area contributed by atoms with Crippen molar-refractivity contribution in [2.45, 2.75) is 13.5 Å². The highest BCUT2D eigenvalue weighted by molar-refractivity contribution is 5.93. The lowest BCUT2D eigenvalue weighted by atomic mass is 10.1. The highest BCUT2D eigenvalue weighted by Gasteiger charge is 2.17. The zero-order valence-corrected chi connectivity index (χ0v) is 16.2. The van der Waals surface area contributed by atoms with Crippen LogP contribution in [-0.2, 0) is 6.54 Å². The minimum atomic E-state index is -0.467. The van der Waals surface area contributed by atoms with Crippen LogP contribution in [0.5, 0.6) is 23.1 Å².